The smallest absolute Gasteiger partial charge is 0.324 e. The molecule has 2 N–H and O–H groups in total. The fraction of sp³-hybridized carbons (Fsp3) is 0.235. The number of rotatable bonds is 2. The zero-order valence-corrected chi connectivity index (χ0v) is 12.3. The number of hydrogen-bond donors (Lipinski definition) is 1. The van der Waals surface area contributed by atoms with Crippen molar-refractivity contribution in [3.63, 3.8) is 0 Å². The van der Waals surface area contributed by atoms with E-state index in [-0.39, 0.29) is 6.03 Å². The third-order valence-corrected chi connectivity index (χ3v) is 4.06. The Kier molecular flexibility index (Phi) is 3.29. The molecule has 0 fully saturated rings. The van der Waals surface area contributed by atoms with Crippen LogP contribution in [-0.2, 0) is 13.1 Å². The summed E-state index contributed by atoms with van der Waals surface area (Å²) in [7, 11) is 1.83. The van der Waals surface area contributed by atoms with Crippen LogP contribution in [0.1, 0.15) is 16.7 Å². The number of nitrogens with two attached hydrogens (primary N) is 1. The van der Waals surface area contributed by atoms with Gasteiger partial charge in [0, 0.05) is 19.3 Å². The van der Waals surface area contributed by atoms with Gasteiger partial charge in [0.25, 0.3) is 0 Å². The van der Waals surface area contributed by atoms with Crippen LogP contribution in [0, 0.1) is 6.92 Å². The van der Waals surface area contributed by atoms with E-state index in [1.165, 1.54) is 5.56 Å². The van der Waals surface area contributed by atoms with Crippen molar-refractivity contribution < 1.29 is 4.79 Å². The molecule has 108 valence electrons. The molecule has 0 saturated carbocycles. The van der Waals surface area contributed by atoms with E-state index in [4.69, 9.17) is 5.73 Å². The lowest BCUT2D eigenvalue weighted by molar-refractivity contribution is 0.210. The number of anilines is 2. The van der Waals surface area contributed by atoms with Gasteiger partial charge in [-0.05, 0) is 35.7 Å². The van der Waals surface area contributed by atoms with E-state index in [9.17, 15) is 4.79 Å². The van der Waals surface area contributed by atoms with Crippen molar-refractivity contribution in [2.75, 3.05) is 17.7 Å². The normalized spacial score (nSPS) is 14.3. The number of hydrogen-bond acceptors (Lipinski definition) is 2. The quantitative estimate of drug-likeness (QED) is 0.860. The number of carbonyl (C=O) groups is 1. The Morgan fingerprint density at radius 3 is 2.71 bits per heavy atom. The van der Waals surface area contributed by atoms with Crippen LogP contribution >= 0.6 is 0 Å². The molecule has 0 unspecified atom stereocenters. The summed E-state index contributed by atoms with van der Waals surface area (Å²) in [6, 6.07) is 13.9. The van der Waals surface area contributed by atoms with Gasteiger partial charge in [0.2, 0.25) is 0 Å². The average molecular weight is 281 g/mol. The fourth-order valence-electron chi connectivity index (χ4n) is 2.74. The molecule has 2 amide bonds. The molecule has 3 rings (SSSR count). The third-order valence-electron chi connectivity index (χ3n) is 4.06. The third kappa shape index (κ3) is 2.33. The molecule has 1 aliphatic heterocycles. The van der Waals surface area contributed by atoms with Gasteiger partial charge in [-0.15, -0.1) is 0 Å². The molecule has 2 aromatic carbocycles. The minimum atomic E-state index is 0.0236. The van der Waals surface area contributed by atoms with Gasteiger partial charge in [-0.3, -0.25) is 4.90 Å². The van der Waals surface area contributed by atoms with Crippen LogP contribution in [0.3, 0.4) is 0 Å². The number of nitrogens with zero attached hydrogens (tertiary/aromatic N) is 2. The summed E-state index contributed by atoms with van der Waals surface area (Å²) in [5.74, 6) is 0. The highest BCUT2D eigenvalue weighted by Crippen LogP contribution is 2.30. The van der Waals surface area contributed by atoms with E-state index in [0.717, 1.165) is 22.5 Å². The molecule has 4 nitrogen and oxygen atoms in total. The van der Waals surface area contributed by atoms with Crippen LogP contribution in [0.5, 0.6) is 0 Å². The minimum absolute atomic E-state index is 0.0236. The molecule has 4 heteroatoms. The Bertz CT molecular complexity index is 696. The highest BCUT2D eigenvalue weighted by Gasteiger charge is 2.28. The van der Waals surface area contributed by atoms with Crippen LogP contribution in [0.2, 0.25) is 0 Å². The fourth-order valence-corrected chi connectivity index (χ4v) is 2.74. The maximum Gasteiger partial charge on any atom is 0.324 e. The van der Waals surface area contributed by atoms with E-state index in [1.807, 2.05) is 55.3 Å². The van der Waals surface area contributed by atoms with Crippen molar-refractivity contribution in [1.29, 1.82) is 0 Å². The summed E-state index contributed by atoms with van der Waals surface area (Å²) in [5, 5.41) is 0. The number of carbonyl (C=O) groups excluding carboxylic acids is 1. The van der Waals surface area contributed by atoms with Crippen LogP contribution in [-0.4, -0.2) is 18.0 Å². The molecule has 0 aromatic heterocycles. The van der Waals surface area contributed by atoms with Crippen LogP contribution in [0.4, 0.5) is 16.2 Å². The Morgan fingerprint density at radius 1 is 1.14 bits per heavy atom. The zero-order chi connectivity index (χ0) is 15.0. The largest absolute Gasteiger partial charge is 0.399 e. The molecule has 0 aliphatic carbocycles. The summed E-state index contributed by atoms with van der Waals surface area (Å²) >= 11 is 0. The highest BCUT2D eigenvalue weighted by molar-refractivity contribution is 5.94. The van der Waals surface area contributed by atoms with Crippen molar-refractivity contribution in [2.45, 2.75) is 20.0 Å². The van der Waals surface area contributed by atoms with Gasteiger partial charge in [0.05, 0.1) is 12.2 Å². The summed E-state index contributed by atoms with van der Waals surface area (Å²) in [6.45, 7) is 3.19. The number of amides is 2. The summed E-state index contributed by atoms with van der Waals surface area (Å²) in [4.78, 5) is 16.1. The Labute approximate surface area is 124 Å². The van der Waals surface area contributed by atoms with Gasteiger partial charge in [-0.2, -0.15) is 0 Å². The van der Waals surface area contributed by atoms with Crippen molar-refractivity contribution in [2.24, 2.45) is 0 Å². The predicted molar refractivity (Wildman–Crippen MR) is 85.1 cm³/mol. The van der Waals surface area contributed by atoms with Crippen LogP contribution in [0.15, 0.2) is 42.5 Å². The Morgan fingerprint density at radius 2 is 1.90 bits per heavy atom. The first-order valence-electron chi connectivity index (χ1n) is 7.02. The first-order valence-corrected chi connectivity index (χ1v) is 7.02. The molecule has 1 aliphatic rings. The van der Waals surface area contributed by atoms with Crippen molar-refractivity contribution in [3.8, 4) is 0 Å². The summed E-state index contributed by atoms with van der Waals surface area (Å²) in [5.41, 5.74) is 11.0. The Hall–Kier alpha value is -2.49. The molecule has 0 radical (unpaired) electrons. The minimum Gasteiger partial charge on any atom is -0.399 e. The van der Waals surface area contributed by atoms with E-state index in [2.05, 4.69) is 6.07 Å². The van der Waals surface area contributed by atoms with Crippen LogP contribution < -0.4 is 10.6 Å². The van der Waals surface area contributed by atoms with Crippen LogP contribution in [0.25, 0.3) is 0 Å². The predicted octanol–water partition coefficient (Wildman–Crippen LogP) is 3.15. The number of benzene rings is 2. The molecule has 0 bridgehead atoms. The first kappa shape index (κ1) is 13.5. The summed E-state index contributed by atoms with van der Waals surface area (Å²) in [6.07, 6.45) is 0. The lowest BCUT2D eigenvalue weighted by Gasteiger charge is -2.35. The molecule has 21 heavy (non-hydrogen) atoms. The van der Waals surface area contributed by atoms with Gasteiger partial charge in [-0.1, -0.05) is 30.3 Å². The number of nitrogen functional groups attached to an aromatic ring is 1. The molecule has 0 spiro atoms. The maximum atomic E-state index is 12.5. The zero-order valence-electron chi connectivity index (χ0n) is 12.3. The second-order valence-electron chi connectivity index (χ2n) is 5.48. The monoisotopic (exact) mass is 281 g/mol. The molecular weight excluding hydrogens is 262 g/mol. The van der Waals surface area contributed by atoms with E-state index in [1.54, 1.807) is 4.90 Å². The topological polar surface area (TPSA) is 49.6 Å². The molecular formula is C17H19N3O. The standard InChI is InChI=1S/C17H19N3O/c1-12-13(7-5-8-15(12)18)11-20-16-9-4-3-6-14(16)10-19(2)17(20)21/h3-9H,10-11,18H2,1-2H3. The maximum absolute atomic E-state index is 12.5. The lowest BCUT2D eigenvalue weighted by Crippen LogP contribution is -2.44. The van der Waals surface area contributed by atoms with E-state index < -0.39 is 0 Å². The van der Waals surface area contributed by atoms with E-state index >= 15 is 0 Å². The number of urea groups is 1. The molecule has 0 saturated heterocycles. The molecule has 1 heterocycles. The number of para-hydroxylation sites is 1. The summed E-state index contributed by atoms with van der Waals surface area (Å²) < 4.78 is 0. The van der Waals surface area contributed by atoms with Crippen molar-refractivity contribution >= 4 is 17.4 Å². The second kappa shape index (κ2) is 5.13. The van der Waals surface area contributed by atoms with E-state index in [0.29, 0.717) is 13.1 Å². The van der Waals surface area contributed by atoms with Gasteiger partial charge in [0.1, 0.15) is 0 Å². The molecule has 2 aromatic rings. The Balaban J connectivity index is 2.01. The van der Waals surface area contributed by atoms with Gasteiger partial charge in [0.15, 0.2) is 0 Å². The second-order valence-corrected chi connectivity index (χ2v) is 5.48. The average Bonchev–Trinajstić information content (AvgIpc) is 2.48. The van der Waals surface area contributed by atoms with Gasteiger partial charge in [-0.25, -0.2) is 4.79 Å². The van der Waals surface area contributed by atoms with Gasteiger partial charge < -0.3 is 10.6 Å². The van der Waals surface area contributed by atoms with Gasteiger partial charge >= 0.3 is 6.03 Å². The van der Waals surface area contributed by atoms with Crippen molar-refractivity contribution in [3.05, 3.63) is 59.2 Å². The lowest BCUT2D eigenvalue weighted by atomic mass is 10.0. The highest BCUT2D eigenvalue weighted by atomic mass is 16.2. The SMILES string of the molecule is Cc1c(N)cccc1CN1C(=O)N(C)Cc2ccccc21. The molecule has 0 atom stereocenters. The first-order chi connectivity index (χ1) is 10.1. The van der Waals surface area contributed by atoms with Crippen molar-refractivity contribution in [1.82, 2.24) is 4.90 Å². The number of fused-ring (bicyclic) bond motifs is 1.